The number of hydrogen-bond donors (Lipinski definition) is 3. The fourth-order valence-electron chi connectivity index (χ4n) is 1.72. The van der Waals surface area contributed by atoms with Gasteiger partial charge in [-0.3, -0.25) is 4.79 Å². The van der Waals surface area contributed by atoms with E-state index in [1.807, 2.05) is 13.8 Å². The van der Waals surface area contributed by atoms with Crippen LogP contribution in [0, 0.1) is 0 Å². The van der Waals surface area contributed by atoms with E-state index in [1.165, 1.54) is 4.90 Å². The minimum Gasteiger partial charge on any atom is -0.480 e. The highest BCUT2D eigenvalue weighted by Crippen LogP contribution is 2.17. The highest BCUT2D eigenvalue weighted by Gasteiger charge is 2.38. The van der Waals surface area contributed by atoms with E-state index in [-0.39, 0.29) is 31.5 Å². The van der Waals surface area contributed by atoms with E-state index >= 15 is 0 Å². The number of carboxylic acid groups (broad SMARTS) is 1. The highest BCUT2D eigenvalue weighted by atomic mass is 16.4. The first-order valence-electron chi connectivity index (χ1n) is 5.35. The van der Waals surface area contributed by atoms with Crippen molar-refractivity contribution in [3.8, 4) is 0 Å². The Balaban J connectivity index is 2.56. The van der Waals surface area contributed by atoms with Gasteiger partial charge in [-0.2, -0.15) is 0 Å². The second-order valence-corrected chi connectivity index (χ2v) is 4.33. The van der Waals surface area contributed by atoms with Crippen molar-refractivity contribution < 1.29 is 19.8 Å². The Labute approximate surface area is 94.2 Å². The summed E-state index contributed by atoms with van der Waals surface area (Å²) < 4.78 is 0. The van der Waals surface area contributed by atoms with Gasteiger partial charge >= 0.3 is 5.97 Å². The highest BCUT2D eigenvalue weighted by molar-refractivity contribution is 5.85. The van der Waals surface area contributed by atoms with Crippen LogP contribution in [0.4, 0.5) is 0 Å². The van der Waals surface area contributed by atoms with Crippen LogP contribution in [-0.4, -0.2) is 58.3 Å². The topological polar surface area (TPSA) is 89.9 Å². The molecule has 0 aliphatic carbocycles. The zero-order valence-corrected chi connectivity index (χ0v) is 9.51. The monoisotopic (exact) mass is 230 g/mol. The minimum absolute atomic E-state index is 0.105. The van der Waals surface area contributed by atoms with Crippen molar-refractivity contribution in [2.24, 2.45) is 0 Å². The molecule has 1 aliphatic heterocycles. The van der Waals surface area contributed by atoms with Gasteiger partial charge in [0, 0.05) is 19.0 Å². The third-order valence-corrected chi connectivity index (χ3v) is 2.55. The number of likely N-dealkylation sites (tertiary alicyclic amines) is 1. The molecular formula is C10H18N2O4. The fourth-order valence-corrected chi connectivity index (χ4v) is 1.72. The number of aliphatic carboxylic acids is 1. The molecule has 0 bridgehead atoms. The van der Waals surface area contributed by atoms with Crippen molar-refractivity contribution in [2.75, 3.05) is 13.1 Å². The van der Waals surface area contributed by atoms with Crippen LogP contribution in [0.1, 0.15) is 20.3 Å². The summed E-state index contributed by atoms with van der Waals surface area (Å²) >= 11 is 0. The summed E-state index contributed by atoms with van der Waals surface area (Å²) in [4.78, 5) is 23.8. The molecule has 1 saturated heterocycles. The predicted molar refractivity (Wildman–Crippen MR) is 56.9 cm³/mol. The van der Waals surface area contributed by atoms with Crippen LogP contribution in [0.25, 0.3) is 0 Å². The first kappa shape index (κ1) is 12.9. The summed E-state index contributed by atoms with van der Waals surface area (Å²) in [5, 5.41) is 21.2. The molecule has 0 unspecified atom stereocenters. The second kappa shape index (κ2) is 5.27. The predicted octanol–water partition coefficient (Wildman–Crippen LogP) is -0.969. The summed E-state index contributed by atoms with van der Waals surface area (Å²) in [5.74, 6) is -1.34. The van der Waals surface area contributed by atoms with Crippen molar-refractivity contribution in [3.63, 3.8) is 0 Å². The lowest BCUT2D eigenvalue weighted by Gasteiger charge is -2.21. The normalized spacial score (nSPS) is 25.1. The number of hydrogen-bond acceptors (Lipinski definition) is 4. The van der Waals surface area contributed by atoms with Crippen LogP contribution in [0.15, 0.2) is 0 Å². The molecule has 6 nitrogen and oxygen atoms in total. The summed E-state index contributed by atoms with van der Waals surface area (Å²) in [5.41, 5.74) is 0. The van der Waals surface area contributed by atoms with E-state index in [0.717, 1.165) is 0 Å². The largest absolute Gasteiger partial charge is 0.480 e. The maximum Gasteiger partial charge on any atom is 0.326 e. The number of amides is 1. The van der Waals surface area contributed by atoms with E-state index in [0.29, 0.717) is 0 Å². The van der Waals surface area contributed by atoms with E-state index in [2.05, 4.69) is 5.32 Å². The number of aliphatic hydroxyl groups is 1. The van der Waals surface area contributed by atoms with Crippen molar-refractivity contribution in [2.45, 2.75) is 38.5 Å². The fraction of sp³-hybridized carbons (Fsp3) is 0.800. The smallest absolute Gasteiger partial charge is 0.326 e. The molecule has 0 aromatic carbocycles. The molecule has 1 fully saturated rings. The molecule has 6 heteroatoms. The van der Waals surface area contributed by atoms with E-state index in [9.17, 15) is 14.7 Å². The summed E-state index contributed by atoms with van der Waals surface area (Å²) in [6.45, 7) is 4.02. The van der Waals surface area contributed by atoms with E-state index in [4.69, 9.17) is 5.11 Å². The average Bonchev–Trinajstić information content (AvgIpc) is 2.56. The van der Waals surface area contributed by atoms with Crippen LogP contribution in [0.3, 0.4) is 0 Å². The van der Waals surface area contributed by atoms with E-state index < -0.39 is 18.1 Å². The van der Waals surface area contributed by atoms with E-state index in [1.54, 1.807) is 0 Å². The molecule has 92 valence electrons. The maximum atomic E-state index is 11.7. The van der Waals surface area contributed by atoms with Gasteiger partial charge in [0.05, 0.1) is 12.6 Å². The van der Waals surface area contributed by atoms with Gasteiger partial charge in [-0.1, -0.05) is 13.8 Å². The molecular weight excluding hydrogens is 212 g/mol. The molecule has 0 aromatic rings. The van der Waals surface area contributed by atoms with Gasteiger partial charge < -0.3 is 20.4 Å². The minimum atomic E-state index is -1.06. The lowest BCUT2D eigenvalue weighted by molar-refractivity contribution is -0.147. The van der Waals surface area contributed by atoms with Gasteiger partial charge in [0.1, 0.15) is 6.04 Å². The average molecular weight is 230 g/mol. The summed E-state index contributed by atoms with van der Waals surface area (Å²) in [6, 6.07) is -0.726. The van der Waals surface area contributed by atoms with Crippen molar-refractivity contribution >= 4 is 11.9 Å². The van der Waals surface area contributed by atoms with Crippen LogP contribution in [0.2, 0.25) is 0 Å². The molecule has 1 amide bonds. The Morgan fingerprint density at radius 3 is 2.62 bits per heavy atom. The summed E-state index contributed by atoms with van der Waals surface area (Å²) in [7, 11) is 0. The van der Waals surface area contributed by atoms with Gasteiger partial charge in [0.25, 0.3) is 0 Å². The van der Waals surface area contributed by atoms with Gasteiger partial charge in [0.2, 0.25) is 5.91 Å². The Bertz CT molecular complexity index is 280. The molecule has 1 rings (SSSR count). The van der Waals surface area contributed by atoms with Crippen molar-refractivity contribution in [1.29, 1.82) is 0 Å². The molecule has 16 heavy (non-hydrogen) atoms. The number of nitrogens with zero attached hydrogens (tertiary/aromatic N) is 1. The summed E-state index contributed by atoms with van der Waals surface area (Å²) in [6.07, 6.45) is -0.618. The molecule has 1 heterocycles. The zero-order valence-electron chi connectivity index (χ0n) is 9.51. The first-order chi connectivity index (χ1) is 7.41. The molecule has 1 aliphatic rings. The standard InChI is InChI=1S/C10H18N2O4/c1-6(2)11-4-9(14)12-5-7(13)3-8(12)10(15)16/h6-8,11,13H,3-5H2,1-2H3,(H,15,16)/t7-,8-/m0/s1. The quantitative estimate of drug-likeness (QED) is 0.578. The Kier molecular flexibility index (Phi) is 4.26. The SMILES string of the molecule is CC(C)NCC(=O)N1C[C@@H](O)C[C@H]1C(=O)O. The molecule has 2 atom stereocenters. The van der Waals surface area contributed by atoms with Gasteiger partial charge in [-0.25, -0.2) is 4.79 Å². The van der Waals surface area contributed by atoms with Crippen molar-refractivity contribution in [1.82, 2.24) is 10.2 Å². The van der Waals surface area contributed by atoms with Crippen LogP contribution < -0.4 is 5.32 Å². The number of carbonyl (C=O) groups is 2. The lowest BCUT2D eigenvalue weighted by Crippen LogP contribution is -2.45. The lowest BCUT2D eigenvalue weighted by atomic mass is 10.2. The Morgan fingerprint density at radius 2 is 2.12 bits per heavy atom. The van der Waals surface area contributed by atoms with Crippen LogP contribution in [0.5, 0.6) is 0 Å². The number of aliphatic hydroxyl groups excluding tert-OH is 1. The molecule has 0 radical (unpaired) electrons. The Morgan fingerprint density at radius 1 is 1.50 bits per heavy atom. The number of nitrogens with one attached hydrogen (secondary N) is 1. The second-order valence-electron chi connectivity index (χ2n) is 4.33. The molecule has 0 saturated carbocycles. The van der Waals surface area contributed by atoms with Crippen LogP contribution >= 0.6 is 0 Å². The number of β-amino-alcohol motifs (C(OH)–C–C–N with tert-alkyl or cyclic N) is 1. The number of carbonyl (C=O) groups excluding carboxylic acids is 1. The zero-order chi connectivity index (χ0) is 12.3. The molecule has 0 spiro atoms. The molecule has 0 aromatic heterocycles. The van der Waals surface area contributed by atoms with Crippen LogP contribution in [-0.2, 0) is 9.59 Å². The van der Waals surface area contributed by atoms with Gasteiger partial charge in [-0.15, -0.1) is 0 Å². The number of carboxylic acids is 1. The third-order valence-electron chi connectivity index (χ3n) is 2.55. The Hall–Kier alpha value is -1.14. The van der Waals surface area contributed by atoms with Gasteiger partial charge in [-0.05, 0) is 0 Å². The number of rotatable bonds is 4. The van der Waals surface area contributed by atoms with Crippen molar-refractivity contribution in [3.05, 3.63) is 0 Å². The first-order valence-corrected chi connectivity index (χ1v) is 5.35. The molecule has 3 N–H and O–H groups in total. The van der Waals surface area contributed by atoms with Gasteiger partial charge in [0.15, 0.2) is 0 Å². The maximum absolute atomic E-state index is 11.7. The third kappa shape index (κ3) is 3.18.